The van der Waals surface area contributed by atoms with E-state index in [2.05, 4.69) is 42.3 Å². The van der Waals surface area contributed by atoms with Gasteiger partial charge in [0.05, 0.1) is 14.2 Å². The number of rotatable bonds is 2. The van der Waals surface area contributed by atoms with E-state index in [9.17, 15) is 0 Å². The molecule has 2 nitrogen and oxygen atoms in total. The second-order valence-corrected chi connectivity index (χ2v) is 9.67. The molecule has 1 aromatic rings. The van der Waals surface area contributed by atoms with Gasteiger partial charge in [-0.05, 0) is 0 Å². The quantitative estimate of drug-likeness (QED) is 0.511. The molecule has 0 spiro atoms. The zero-order chi connectivity index (χ0) is 8.48. The Morgan fingerprint density at radius 1 is 1.45 bits per heavy atom. The van der Waals surface area contributed by atoms with Crippen molar-refractivity contribution in [2.75, 3.05) is 0 Å². The third-order valence-electron chi connectivity index (χ3n) is 1.62. The molecule has 0 fully saturated rings. The minimum Gasteiger partial charge on any atom is -0.248 e. The number of imidazole rings is 1. The van der Waals surface area contributed by atoms with Crippen molar-refractivity contribution in [2.24, 2.45) is 0 Å². The summed E-state index contributed by atoms with van der Waals surface area (Å²) in [5.41, 5.74) is 0. The Kier molecular flexibility index (Phi) is 2.18. The number of nitrogens with one attached hydrogen (secondary N) is 1. The van der Waals surface area contributed by atoms with Crippen LogP contribution in [0.4, 0.5) is 0 Å². The van der Waals surface area contributed by atoms with Gasteiger partial charge < -0.3 is 0 Å². The lowest BCUT2D eigenvalue weighted by molar-refractivity contribution is -0.685. The number of H-pyrrole nitrogens is 1. The lowest BCUT2D eigenvalue weighted by Gasteiger charge is -2.12. The number of hydrogen-bond acceptors (Lipinski definition) is 0. The van der Waals surface area contributed by atoms with Gasteiger partial charge in [-0.2, -0.15) is 0 Å². The van der Waals surface area contributed by atoms with Gasteiger partial charge in [-0.1, -0.05) is 19.6 Å². The molecular weight excluding hydrogens is 152 g/mol. The van der Waals surface area contributed by atoms with Crippen molar-refractivity contribution >= 4 is 8.07 Å². The van der Waals surface area contributed by atoms with Crippen LogP contribution in [-0.4, -0.2) is 13.1 Å². The molecule has 0 radical (unpaired) electrons. The Balaban J connectivity index is 2.72. The lowest BCUT2D eigenvalue weighted by atomic mass is 10.7. The number of aromatic nitrogens is 2. The van der Waals surface area contributed by atoms with Gasteiger partial charge in [0.15, 0.2) is 0 Å². The highest BCUT2D eigenvalue weighted by molar-refractivity contribution is 6.74. The van der Waals surface area contributed by atoms with Crippen molar-refractivity contribution in [3.8, 4) is 0 Å². The molecule has 0 amide bonds. The molecule has 0 bridgehead atoms. The molecule has 1 heterocycles. The molecule has 0 aliphatic rings. The summed E-state index contributed by atoms with van der Waals surface area (Å²) in [7, 11) is -0.950. The molecule has 1 N–H and O–H groups in total. The second-order valence-electron chi connectivity index (χ2n) is 4.23. The monoisotopic (exact) mass is 169 g/mol. The smallest absolute Gasteiger partial charge is 0.248 e. The zero-order valence-electron chi connectivity index (χ0n) is 7.81. The summed E-state index contributed by atoms with van der Waals surface area (Å²) in [6, 6.07) is 0. The highest BCUT2D eigenvalue weighted by atomic mass is 28.3. The number of aryl methyl sites for hydroxylation is 1. The normalized spacial score (nSPS) is 12.0. The molecule has 3 heteroatoms. The van der Waals surface area contributed by atoms with E-state index in [4.69, 9.17) is 0 Å². The van der Waals surface area contributed by atoms with Gasteiger partial charge in [-0.15, -0.1) is 0 Å². The summed E-state index contributed by atoms with van der Waals surface area (Å²) in [5, 5.41) is 0. The average Bonchev–Trinajstić information content (AvgIpc) is 2.12. The molecule has 0 aromatic carbocycles. The highest BCUT2D eigenvalue weighted by Gasteiger charge is 2.18. The van der Waals surface area contributed by atoms with Crippen LogP contribution in [0.2, 0.25) is 19.6 Å². The number of nitrogens with zero attached hydrogens (tertiary/aromatic N) is 1. The first-order chi connectivity index (χ1) is 4.99. The maximum atomic E-state index is 3.18. The standard InChI is InChI=1S/C8H16N2Si/c1-8-9-5-6-10(8)7-11(2,3)4/h5-6H,7H2,1-4H3/p+1. The van der Waals surface area contributed by atoms with Crippen LogP contribution in [0, 0.1) is 6.92 Å². The predicted octanol–water partition coefficient (Wildman–Crippen LogP) is 1.49. The first-order valence-electron chi connectivity index (χ1n) is 4.02. The van der Waals surface area contributed by atoms with Crippen LogP contribution < -0.4 is 4.57 Å². The largest absolute Gasteiger partial charge is 0.250 e. The van der Waals surface area contributed by atoms with E-state index in [1.807, 2.05) is 6.20 Å². The van der Waals surface area contributed by atoms with Crippen molar-refractivity contribution in [3.05, 3.63) is 18.2 Å². The van der Waals surface area contributed by atoms with Crippen molar-refractivity contribution in [1.29, 1.82) is 0 Å². The first kappa shape index (κ1) is 8.52. The Morgan fingerprint density at radius 2 is 2.09 bits per heavy atom. The van der Waals surface area contributed by atoms with Gasteiger partial charge in [0, 0.05) is 6.92 Å². The Bertz CT molecular complexity index is 234. The molecule has 1 aromatic heterocycles. The zero-order valence-corrected chi connectivity index (χ0v) is 8.81. The van der Waals surface area contributed by atoms with Crippen LogP contribution in [0.3, 0.4) is 0 Å². The highest BCUT2D eigenvalue weighted by Crippen LogP contribution is 1.99. The van der Waals surface area contributed by atoms with Gasteiger partial charge in [0.25, 0.3) is 5.82 Å². The lowest BCUT2D eigenvalue weighted by Crippen LogP contribution is -2.46. The van der Waals surface area contributed by atoms with E-state index in [0.717, 1.165) is 0 Å². The number of aromatic amines is 1. The van der Waals surface area contributed by atoms with Gasteiger partial charge in [0.2, 0.25) is 0 Å². The van der Waals surface area contributed by atoms with Crippen LogP contribution in [-0.2, 0) is 6.17 Å². The van der Waals surface area contributed by atoms with Crippen molar-refractivity contribution in [3.63, 3.8) is 0 Å². The van der Waals surface area contributed by atoms with Crippen molar-refractivity contribution in [1.82, 2.24) is 4.98 Å². The molecule has 1 rings (SSSR count). The third-order valence-corrected chi connectivity index (χ3v) is 2.91. The van der Waals surface area contributed by atoms with Crippen LogP contribution >= 0.6 is 0 Å². The van der Waals surface area contributed by atoms with E-state index >= 15 is 0 Å². The fourth-order valence-corrected chi connectivity index (χ4v) is 2.49. The second kappa shape index (κ2) is 2.81. The molecule has 0 atom stereocenters. The summed E-state index contributed by atoms with van der Waals surface area (Å²) < 4.78 is 2.30. The molecule has 11 heavy (non-hydrogen) atoms. The molecular formula is C8H17N2Si+. The van der Waals surface area contributed by atoms with Crippen LogP contribution in [0.25, 0.3) is 0 Å². The Morgan fingerprint density at radius 3 is 2.45 bits per heavy atom. The predicted molar refractivity (Wildman–Crippen MR) is 49.1 cm³/mol. The van der Waals surface area contributed by atoms with Crippen LogP contribution in [0.5, 0.6) is 0 Å². The van der Waals surface area contributed by atoms with Gasteiger partial charge >= 0.3 is 0 Å². The van der Waals surface area contributed by atoms with Gasteiger partial charge in [-0.25, -0.2) is 9.55 Å². The SMILES string of the molecule is Cc1[nH]cc[n+]1C[Si](C)(C)C. The van der Waals surface area contributed by atoms with E-state index in [-0.39, 0.29) is 0 Å². The molecule has 0 saturated carbocycles. The third kappa shape index (κ3) is 2.50. The topological polar surface area (TPSA) is 19.7 Å². The van der Waals surface area contributed by atoms with E-state index in [1.165, 1.54) is 12.0 Å². The van der Waals surface area contributed by atoms with E-state index < -0.39 is 8.07 Å². The molecule has 0 unspecified atom stereocenters. The van der Waals surface area contributed by atoms with Crippen LogP contribution in [0.1, 0.15) is 5.82 Å². The van der Waals surface area contributed by atoms with Crippen molar-refractivity contribution in [2.45, 2.75) is 32.7 Å². The average molecular weight is 169 g/mol. The Labute approximate surface area is 69.3 Å². The van der Waals surface area contributed by atoms with Gasteiger partial charge in [-0.3, -0.25) is 0 Å². The summed E-state index contributed by atoms with van der Waals surface area (Å²) >= 11 is 0. The van der Waals surface area contributed by atoms with Crippen LogP contribution in [0.15, 0.2) is 12.4 Å². The summed E-state index contributed by atoms with van der Waals surface area (Å²) in [4.78, 5) is 3.18. The molecule has 0 saturated heterocycles. The maximum Gasteiger partial charge on any atom is 0.250 e. The van der Waals surface area contributed by atoms with E-state index in [1.54, 1.807) is 0 Å². The van der Waals surface area contributed by atoms with E-state index in [0.29, 0.717) is 0 Å². The molecule has 0 aliphatic carbocycles. The first-order valence-corrected chi connectivity index (χ1v) is 7.73. The maximum absolute atomic E-state index is 3.18. The minimum atomic E-state index is -0.950. The number of hydrogen-bond donors (Lipinski definition) is 1. The molecule has 0 aliphatic heterocycles. The summed E-state index contributed by atoms with van der Waals surface area (Å²) in [5.74, 6) is 1.26. The summed E-state index contributed by atoms with van der Waals surface area (Å²) in [6.45, 7) is 9.26. The van der Waals surface area contributed by atoms with Gasteiger partial charge in [0.1, 0.15) is 12.4 Å². The minimum absolute atomic E-state index is 0.950. The van der Waals surface area contributed by atoms with Crippen molar-refractivity contribution < 1.29 is 4.57 Å². The fraction of sp³-hybridized carbons (Fsp3) is 0.625. The summed E-state index contributed by atoms with van der Waals surface area (Å²) in [6.07, 6.45) is 5.32. The molecule has 62 valence electrons. The fourth-order valence-electron chi connectivity index (χ4n) is 1.12. The Hall–Kier alpha value is -0.573.